The van der Waals surface area contributed by atoms with Crippen molar-refractivity contribution in [2.75, 3.05) is 5.73 Å². The zero-order valence-electron chi connectivity index (χ0n) is 30.5. The van der Waals surface area contributed by atoms with E-state index in [-0.39, 0.29) is 0 Å². The Bertz CT molecular complexity index is 1280. The van der Waals surface area contributed by atoms with E-state index in [0.717, 1.165) is 0 Å². The molecule has 0 atom stereocenters. The Kier molecular flexibility index (Phi) is 33.3. The van der Waals surface area contributed by atoms with Gasteiger partial charge in [0, 0.05) is 105 Å². The van der Waals surface area contributed by atoms with E-state index in [0.29, 0.717) is 5.82 Å². The van der Waals surface area contributed by atoms with Crippen LogP contribution in [0.2, 0.25) is 0 Å². The second-order valence-electron chi connectivity index (χ2n) is 9.45. The zero-order chi connectivity index (χ0) is 39.1. The van der Waals surface area contributed by atoms with Crippen LogP contribution in [0.15, 0.2) is 269 Å². The lowest BCUT2D eigenvalue weighted by atomic mass is 10.5. The Hall–Kier alpha value is -7.85. The highest BCUT2D eigenvalue weighted by Gasteiger charge is 1.73. The molecule has 10 heteroatoms. The maximum Gasteiger partial charge on any atom is 0.123 e. The van der Waals surface area contributed by atoms with Crippen LogP contribution < -0.4 is 5.73 Å². The quantitative estimate of drug-likeness (QED) is 0.161. The van der Waals surface area contributed by atoms with Crippen LogP contribution in [0.3, 0.4) is 0 Å². The summed E-state index contributed by atoms with van der Waals surface area (Å²) in [5, 5.41) is 0. The highest BCUT2D eigenvalue weighted by Crippen LogP contribution is 1.89. The molecule has 0 aromatic carbocycles. The maximum atomic E-state index is 5.25. The lowest BCUT2D eigenvalue weighted by Crippen LogP contribution is -1.85. The van der Waals surface area contributed by atoms with Gasteiger partial charge in [-0.2, -0.15) is 0 Å². The number of pyridine rings is 9. The van der Waals surface area contributed by atoms with E-state index >= 15 is 0 Å². The summed E-state index contributed by atoms with van der Waals surface area (Å²) >= 11 is 0. The van der Waals surface area contributed by atoms with E-state index in [1.54, 1.807) is 111 Å². The molecular formula is C45H46N10. The molecule has 0 saturated carbocycles. The third-order valence-corrected chi connectivity index (χ3v) is 5.22. The average Bonchev–Trinajstić information content (AvgIpc) is 3.33. The van der Waals surface area contributed by atoms with Crippen LogP contribution in [-0.2, 0) is 0 Å². The number of hydrogen-bond acceptors (Lipinski definition) is 10. The van der Waals surface area contributed by atoms with Crippen molar-refractivity contribution in [3.05, 3.63) is 269 Å². The summed E-state index contributed by atoms with van der Waals surface area (Å²) in [5.41, 5.74) is 5.25. The number of anilines is 1. The first-order valence-corrected chi connectivity index (χ1v) is 16.9. The smallest absolute Gasteiger partial charge is 0.123 e. The van der Waals surface area contributed by atoms with Gasteiger partial charge in [0.2, 0.25) is 0 Å². The van der Waals surface area contributed by atoms with Crippen LogP contribution in [0.4, 0.5) is 5.82 Å². The van der Waals surface area contributed by atoms with Crippen molar-refractivity contribution >= 4 is 5.82 Å². The van der Waals surface area contributed by atoms with E-state index in [9.17, 15) is 0 Å². The predicted molar refractivity (Wildman–Crippen MR) is 223 cm³/mol. The summed E-state index contributed by atoms with van der Waals surface area (Å²) in [6.45, 7) is 0. The highest BCUT2D eigenvalue weighted by atomic mass is 14.8. The van der Waals surface area contributed by atoms with Gasteiger partial charge in [-0.15, -0.1) is 0 Å². The van der Waals surface area contributed by atoms with Crippen molar-refractivity contribution in [1.29, 1.82) is 0 Å². The Labute approximate surface area is 324 Å². The van der Waals surface area contributed by atoms with Crippen LogP contribution >= 0.6 is 0 Å². The SMILES string of the molecule is Nc1ccccn1.c1ccncc1.c1ccncc1.c1ccncc1.c1ccncc1.c1ccncc1.c1ccncc1.c1ccncc1.c1ccncc1. The molecule has 9 aromatic heterocycles. The monoisotopic (exact) mass is 726 g/mol. The van der Waals surface area contributed by atoms with Crippen molar-refractivity contribution in [3.63, 3.8) is 0 Å². The van der Waals surface area contributed by atoms with Gasteiger partial charge >= 0.3 is 0 Å². The zero-order valence-corrected chi connectivity index (χ0v) is 30.5. The van der Waals surface area contributed by atoms with E-state index in [4.69, 9.17) is 5.73 Å². The Morgan fingerprint density at radius 3 is 0.418 bits per heavy atom. The number of nitrogens with zero attached hydrogens (tertiary/aromatic N) is 9. The fourth-order valence-electron chi connectivity index (χ4n) is 2.88. The molecule has 0 bridgehead atoms. The van der Waals surface area contributed by atoms with E-state index < -0.39 is 0 Å². The van der Waals surface area contributed by atoms with Crippen LogP contribution in [0.25, 0.3) is 0 Å². The first kappa shape index (κ1) is 45.2. The van der Waals surface area contributed by atoms with Crippen LogP contribution in [-0.4, -0.2) is 44.9 Å². The molecule has 9 aromatic rings. The molecule has 0 aliphatic rings. The van der Waals surface area contributed by atoms with Gasteiger partial charge in [0.1, 0.15) is 5.82 Å². The molecule has 0 aliphatic carbocycles. The van der Waals surface area contributed by atoms with Crippen LogP contribution in [0.1, 0.15) is 0 Å². The second-order valence-corrected chi connectivity index (χ2v) is 9.45. The van der Waals surface area contributed by atoms with E-state index in [1.807, 2.05) is 158 Å². The van der Waals surface area contributed by atoms with Crippen molar-refractivity contribution < 1.29 is 0 Å². The average molecular weight is 727 g/mol. The summed E-state index contributed by atoms with van der Waals surface area (Å²) in [4.78, 5) is 34.0. The predicted octanol–water partition coefficient (Wildman–Crippen LogP) is 9.32. The molecule has 2 N–H and O–H groups in total. The van der Waals surface area contributed by atoms with Crippen LogP contribution in [0.5, 0.6) is 0 Å². The number of rotatable bonds is 0. The topological polar surface area (TPSA) is 142 Å². The minimum Gasteiger partial charge on any atom is -0.384 e. The van der Waals surface area contributed by atoms with E-state index in [2.05, 4.69) is 44.9 Å². The summed E-state index contributed by atoms with van der Waals surface area (Å²) in [7, 11) is 0. The highest BCUT2D eigenvalue weighted by molar-refractivity contribution is 5.25. The lowest BCUT2D eigenvalue weighted by Gasteiger charge is -1.82. The Balaban J connectivity index is 0.000000309. The second kappa shape index (κ2) is 40.6. The summed E-state index contributed by atoms with van der Waals surface area (Å²) in [5.74, 6) is 0.572. The normalized spacial score (nSPS) is 8.07. The summed E-state index contributed by atoms with van der Waals surface area (Å²) in [6, 6.07) is 51.2. The minimum absolute atomic E-state index is 0.572. The summed E-state index contributed by atoms with van der Waals surface area (Å²) < 4.78 is 0. The van der Waals surface area contributed by atoms with Gasteiger partial charge in [0.15, 0.2) is 0 Å². The number of nitrogens with two attached hydrogens (primary N) is 1. The minimum atomic E-state index is 0.572. The summed E-state index contributed by atoms with van der Waals surface area (Å²) in [6.07, 6.45) is 29.7. The fraction of sp³-hybridized carbons (Fsp3) is 0. The number of aromatic nitrogens is 9. The third-order valence-electron chi connectivity index (χ3n) is 5.22. The Morgan fingerprint density at radius 1 is 0.200 bits per heavy atom. The first-order chi connectivity index (χ1) is 27.4. The van der Waals surface area contributed by atoms with Gasteiger partial charge in [0.05, 0.1) is 0 Å². The molecule has 276 valence electrons. The molecule has 0 fully saturated rings. The third kappa shape index (κ3) is 38.8. The molecule has 0 radical (unpaired) electrons. The van der Waals surface area contributed by atoms with Crippen molar-refractivity contribution in [2.45, 2.75) is 0 Å². The van der Waals surface area contributed by atoms with Gasteiger partial charge in [-0.1, -0.05) is 54.6 Å². The van der Waals surface area contributed by atoms with Gasteiger partial charge < -0.3 is 5.73 Å². The lowest BCUT2D eigenvalue weighted by molar-refractivity contribution is 1.33. The molecule has 0 amide bonds. The number of nitrogen functional groups attached to an aromatic ring is 1. The number of hydrogen-bond donors (Lipinski definition) is 1. The molecule has 0 spiro atoms. The Morgan fingerprint density at radius 2 is 0.364 bits per heavy atom. The molecule has 10 nitrogen and oxygen atoms in total. The fourth-order valence-corrected chi connectivity index (χ4v) is 2.88. The first-order valence-electron chi connectivity index (χ1n) is 16.9. The standard InChI is InChI=1S/C5H6N2.8C5H5N/c6-5-3-1-2-4-7-5;8*1-2-4-6-5-3-1/h1-4H,(H2,6,7);8*1-5H. The molecular weight excluding hydrogens is 681 g/mol. The maximum absolute atomic E-state index is 5.25. The molecule has 0 unspecified atom stereocenters. The van der Waals surface area contributed by atoms with Gasteiger partial charge in [-0.3, -0.25) is 39.9 Å². The van der Waals surface area contributed by atoms with Gasteiger partial charge in [0.25, 0.3) is 0 Å². The molecule has 0 saturated heterocycles. The molecule has 55 heavy (non-hydrogen) atoms. The molecule has 0 aliphatic heterocycles. The van der Waals surface area contributed by atoms with Crippen molar-refractivity contribution in [3.8, 4) is 0 Å². The van der Waals surface area contributed by atoms with E-state index in [1.165, 1.54) is 0 Å². The van der Waals surface area contributed by atoms with Crippen molar-refractivity contribution in [2.24, 2.45) is 0 Å². The molecule has 9 heterocycles. The van der Waals surface area contributed by atoms with Gasteiger partial charge in [-0.05, 0) is 109 Å². The van der Waals surface area contributed by atoms with Crippen molar-refractivity contribution in [1.82, 2.24) is 44.9 Å². The van der Waals surface area contributed by atoms with Crippen LogP contribution in [0, 0.1) is 0 Å². The van der Waals surface area contributed by atoms with Gasteiger partial charge in [-0.25, -0.2) is 4.98 Å². The molecule has 9 rings (SSSR count). The largest absolute Gasteiger partial charge is 0.384 e.